The molecule has 6 nitrogen and oxygen atoms in total. The summed E-state index contributed by atoms with van der Waals surface area (Å²) in [5, 5.41) is 11.2. The zero-order valence-corrected chi connectivity index (χ0v) is 25.5. The first-order chi connectivity index (χ1) is 22.7. The fourth-order valence-electron chi connectivity index (χ4n) is 6.59. The van der Waals surface area contributed by atoms with Crippen LogP contribution in [0.2, 0.25) is 0 Å². The van der Waals surface area contributed by atoms with E-state index in [0.717, 1.165) is 76.0 Å². The second-order valence-electron chi connectivity index (χ2n) is 12.1. The van der Waals surface area contributed by atoms with Gasteiger partial charge < -0.3 is 14.4 Å². The molecule has 4 aromatic carbocycles. The third-order valence-electron chi connectivity index (χ3n) is 9.05. The number of halogens is 3. The minimum atomic E-state index is -4.38. The molecule has 2 atom stereocenters. The molecule has 0 spiro atoms. The van der Waals surface area contributed by atoms with Crippen molar-refractivity contribution in [3.05, 3.63) is 126 Å². The van der Waals surface area contributed by atoms with Crippen molar-refractivity contribution in [2.75, 3.05) is 0 Å². The monoisotopic (exact) mass is 635 g/mol. The number of aliphatic carboxylic acids is 1. The van der Waals surface area contributed by atoms with Crippen molar-refractivity contribution in [2.24, 2.45) is 5.92 Å². The third-order valence-corrected chi connectivity index (χ3v) is 9.05. The molecule has 238 valence electrons. The number of nitrogens with zero attached hydrogens (tertiary/aromatic N) is 3. The zero-order valence-electron chi connectivity index (χ0n) is 25.5. The number of ether oxygens (including phenoxy) is 1. The molecule has 2 heterocycles. The van der Waals surface area contributed by atoms with Gasteiger partial charge in [-0.2, -0.15) is 13.2 Å². The summed E-state index contributed by atoms with van der Waals surface area (Å²) >= 11 is 0. The number of carboxylic acid groups (broad SMARTS) is 1. The molecule has 1 aliphatic rings. The normalized spacial score (nSPS) is 16.8. The van der Waals surface area contributed by atoms with E-state index in [9.17, 15) is 23.1 Å². The van der Waals surface area contributed by atoms with E-state index in [-0.39, 0.29) is 5.92 Å². The lowest BCUT2D eigenvalue weighted by molar-refractivity contribution is -0.143. The minimum Gasteiger partial charge on any atom is -0.487 e. The van der Waals surface area contributed by atoms with Crippen molar-refractivity contribution in [1.82, 2.24) is 14.5 Å². The first-order valence-electron chi connectivity index (χ1n) is 15.7. The van der Waals surface area contributed by atoms with Crippen LogP contribution in [0.15, 0.2) is 103 Å². The maximum atomic E-state index is 13.0. The van der Waals surface area contributed by atoms with Gasteiger partial charge in [0.1, 0.15) is 18.2 Å². The molecule has 1 aliphatic carbocycles. The summed E-state index contributed by atoms with van der Waals surface area (Å²) < 4.78 is 47.3. The quantitative estimate of drug-likeness (QED) is 0.180. The molecule has 9 heteroatoms. The largest absolute Gasteiger partial charge is 0.487 e. The highest BCUT2D eigenvalue weighted by Gasteiger charge is 2.35. The van der Waals surface area contributed by atoms with E-state index in [1.54, 1.807) is 0 Å². The summed E-state index contributed by atoms with van der Waals surface area (Å²) in [5.74, 6) is -0.168. The Balaban J connectivity index is 1.18. The number of alkyl halides is 3. The van der Waals surface area contributed by atoms with E-state index >= 15 is 0 Å². The molecule has 0 aliphatic heterocycles. The van der Waals surface area contributed by atoms with E-state index in [4.69, 9.17) is 14.7 Å². The Morgan fingerprint density at radius 3 is 2.30 bits per heavy atom. The Kier molecular flexibility index (Phi) is 8.14. The van der Waals surface area contributed by atoms with Crippen molar-refractivity contribution in [3.63, 3.8) is 0 Å². The molecule has 1 N–H and O–H groups in total. The van der Waals surface area contributed by atoms with Gasteiger partial charge in [0, 0.05) is 23.9 Å². The van der Waals surface area contributed by atoms with Gasteiger partial charge in [0.25, 0.3) is 0 Å². The van der Waals surface area contributed by atoms with Gasteiger partial charge in [0.2, 0.25) is 0 Å². The Morgan fingerprint density at radius 2 is 1.55 bits per heavy atom. The van der Waals surface area contributed by atoms with Gasteiger partial charge >= 0.3 is 12.1 Å². The number of para-hydroxylation sites is 1. The molecule has 1 unspecified atom stereocenters. The van der Waals surface area contributed by atoms with Crippen LogP contribution in [-0.4, -0.2) is 25.6 Å². The van der Waals surface area contributed by atoms with Gasteiger partial charge in [-0.3, -0.25) is 4.79 Å². The fraction of sp³-hybridized carbons (Fsp3) is 0.237. The zero-order chi connectivity index (χ0) is 32.5. The Labute approximate surface area is 269 Å². The lowest BCUT2D eigenvalue weighted by Gasteiger charge is -2.28. The fourth-order valence-corrected chi connectivity index (χ4v) is 6.59. The van der Waals surface area contributed by atoms with Gasteiger partial charge in [-0.1, -0.05) is 73.5 Å². The van der Waals surface area contributed by atoms with Crippen LogP contribution in [0.3, 0.4) is 0 Å². The number of rotatable bonds is 8. The van der Waals surface area contributed by atoms with E-state index in [1.165, 1.54) is 12.1 Å². The molecule has 0 amide bonds. The maximum absolute atomic E-state index is 13.0. The number of pyridine rings is 1. The van der Waals surface area contributed by atoms with Crippen LogP contribution in [0, 0.1) is 5.92 Å². The highest BCUT2D eigenvalue weighted by Crippen LogP contribution is 2.40. The maximum Gasteiger partial charge on any atom is 0.416 e. The van der Waals surface area contributed by atoms with Crippen LogP contribution in [0.1, 0.15) is 54.2 Å². The second-order valence-corrected chi connectivity index (χ2v) is 12.1. The van der Waals surface area contributed by atoms with Crippen LogP contribution in [0.5, 0.6) is 5.75 Å². The molecule has 7 rings (SSSR count). The van der Waals surface area contributed by atoms with E-state index in [0.29, 0.717) is 30.9 Å². The Bertz CT molecular complexity index is 2050. The number of carboxylic acids is 1. The highest BCUT2D eigenvalue weighted by atomic mass is 19.4. The standard InChI is InChI=1S/C38H32F3N3O3/c39-38(40,41)28-16-13-26(14-17-28)25-11-9-24(10-12-25)22-44-35-20-19-30(47-23-29-18-15-27-5-1-4-8-33(27)42-29)21-34(35)43-36(44)31-6-2-3-7-32(31)37(45)46/h1,4-5,8-21,31-32H,2-3,6-7,22-23H2,(H,45,46)/t31?,32-/m0/s1. The summed E-state index contributed by atoms with van der Waals surface area (Å²) in [6.45, 7) is 0.752. The number of benzene rings is 4. The molecule has 1 saturated carbocycles. The average molecular weight is 636 g/mol. The summed E-state index contributed by atoms with van der Waals surface area (Å²) in [4.78, 5) is 22.0. The van der Waals surface area contributed by atoms with Crippen LogP contribution in [0.25, 0.3) is 33.1 Å². The number of hydrogen-bond donors (Lipinski definition) is 1. The van der Waals surface area contributed by atoms with Crippen molar-refractivity contribution < 1.29 is 27.8 Å². The van der Waals surface area contributed by atoms with Crippen molar-refractivity contribution in [1.29, 1.82) is 0 Å². The van der Waals surface area contributed by atoms with E-state index < -0.39 is 23.6 Å². The van der Waals surface area contributed by atoms with Crippen LogP contribution in [-0.2, 0) is 24.1 Å². The lowest BCUT2D eigenvalue weighted by atomic mass is 9.78. The number of hydrogen-bond acceptors (Lipinski definition) is 4. The molecule has 2 aromatic heterocycles. The third kappa shape index (κ3) is 6.43. The lowest BCUT2D eigenvalue weighted by Crippen LogP contribution is -2.27. The predicted octanol–water partition coefficient (Wildman–Crippen LogP) is 9.26. The van der Waals surface area contributed by atoms with Crippen molar-refractivity contribution >= 4 is 27.9 Å². The van der Waals surface area contributed by atoms with Gasteiger partial charge in [0.15, 0.2) is 0 Å². The predicted molar refractivity (Wildman–Crippen MR) is 174 cm³/mol. The van der Waals surface area contributed by atoms with E-state index in [1.807, 2.05) is 78.9 Å². The van der Waals surface area contributed by atoms with Crippen LogP contribution >= 0.6 is 0 Å². The van der Waals surface area contributed by atoms with Crippen LogP contribution in [0.4, 0.5) is 13.2 Å². The SMILES string of the molecule is O=C(O)[C@H]1CCCCC1c1nc2cc(OCc3ccc4ccccc4n3)ccc2n1Cc1ccc(-c2ccc(C(F)(F)F)cc2)cc1. The first kappa shape index (κ1) is 30.5. The first-order valence-corrected chi connectivity index (χ1v) is 15.7. The molecular weight excluding hydrogens is 603 g/mol. The number of aromatic nitrogens is 3. The smallest absolute Gasteiger partial charge is 0.416 e. The molecule has 0 radical (unpaired) electrons. The van der Waals surface area contributed by atoms with Gasteiger partial charge in [-0.05, 0) is 65.9 Å². The van der Waals surface area contributed by atoms with Gasteiger partial charge in [-0.25, -0.2) is 9.97 Å². The molecule has 47 heavy (non-hydrogen) atoms. The van der Waals surface area contributed by atoms with Gasteiger partial charge in [0.05, 0.1) is 33.7 Å². The minimum absolute atomic E-state index is 0.230. The molecular formula is C38H32F3N3O3. The molecule has 0 bridgehead atoms. The van der Waals surface area contributed by atoms with Crippen molar-refractivity contribution in [2.45, 2.75) is 50.9 Å². The number of fused-ring (bicyclic) bond motifs is 2. The van der Waals surface area contributed by atoms with Crippen molar-refractivity contribution in [3.8, 4) is 16.9 Å². The number of imidazole rings is 1. The summed E-state index contributed by atoms with van der Waals surface area (Å²) in [6.07, 6.45) is -1.22. The Hall–Kier alpha value is -5.18. The summed E-state index contributed by atoms with van der Waals surface area (Å²) in [5.41, 5.74) is 5.08. The highest BCUT2D eigenvalue weighted by molar-refractivity contribution is 5.79. The molecule has 0 saturated heterocycles. The molecule has 1 fully saturated rings. The number of carbonyl (C=O) groups is 1. The Morgan fingerprint density at radius 1 is 0.830 bits per heavy atom. The molecule has 6 aromatic rings. The topological polar surface area (TPSA) is 77.2 Å². The van der Waals surface area contributed by atoms with Gasteiger partial charge in [-0.15, -0.1) is 0 Å². The second kappa shape index (κ2) is 12.5. The van der Waals surface area contributed by atoms with E-state index in [2.05, 4.69) is 4.57 Å². The summed E-state index contributed by atoms with van der Waals surface area (Å²) in [6, 6.07) is 30.5. The summed E-state index contributed by atoms with van der Waals surface area (Å²) in [7, 11) is 0. The van der Waals surface area contributed by atoms with Crippen LogP contribution < -0.4 is 4.74 Å². The average Bonchev–Trinajstić information content (AvgIpc) is 3.44.